The van der Waals surface area contributed by atoms with Crippen molar-refractivity contribution in [2.24, 2.45) is 0 Å². The summed E-state index contributed by atoms with van der Waals surface area (Å²) in [4.78, 5) is 5.82. The molecular weight excluding hydrogens is 310 g/mol. The molecule has 1 aromatic rings. The first-order valence-corrected chi connectivity index (χ1v) is 6.74. The Labute approximate surface area is 126 Å². The number of hydrogen-bond acceptors (Lipinski definition) is 4. The molecule has 0 aliphatic carbocycles. The first-order chi connectivity index (χ1) is 9.10. The molecule has 0 saturated heterocycles. The molecule has 7 heteroatoms. The summed E-state index contributed by atoms with van der Waals surface area (Å²) < 4.78 is 17.8. The zero-order valence-electron chi connectivity index (χ0n) is 9.91. The summed E-state index contributed by atoms with van der Waals surface area (Å²) in [6.45, 7) is 0.649. The number of aromatic nitrogens is 1. The molecule has 0 unspecified atom stereocenters. The van der Waals surface area contributed by atoms with Crippen LogP contribution in [0, 0.1) is 0 Å². The lowest BCUT2D eigenvalue weighted by molar-refractivity contribution is 0.255. The van der Waals surface area contributed by atoms with Crippen LogP contribution in [0.2, 0.25) is 10.2 Å². The molecule has 0 radical (unpaired) electrons. The van der Waals surface area contributed by atoms with Gasteiger partial charge in [0.2, 0.25) is 0 Å². The van der Waals surface area contributed by atoms with Crippen molar-refractivity contribution < 1.29 is 9.13 Å². The van der Waals surface area contributed by atoms with E-state index < -0.39 is 6.67 Å². The molecule has 0 amide bonds. The maximum Gasteiger partial charge on any atom is 0.186 e. The lowest BCUT2D eigenvalue weighted by Crippen LogP contribution is -2.26. The van der Waals surface area contributed by atoms with Crippen LogP contribution < -0.4 is 0 Å². The minimum atomic E-state index is -0.459. The third-order valence-electron chi connectivity index (χ3n) is 2.63. The molecule has 102 valence electrons. The summed E-state index contributed by atoms with van der Waals surface area (Å²) in [5, 5.41) is 1.06. The van der Waals surface area contributed by atoms with Gasteiger partial charge in [-0.2, -0.15) is 0 Å². The van der Waals surface area contributed by atoms with Crippen molar-refractivity contribution >= 4 is 40.5 Å². The molecule has 19 heavy (non-hydrogen) atoms. The summed E-state index contributed by atoms with van der Waals surface area (Å²) in [5.41, 5.74) is 1.70. The number of thiocarbonyl (C=S) groups is 1. The highest BCUT2D eigenvalue weighted by Crippen LogP contribution is 2.22. The van der Waals surface area contributed by atoms with Gasteiger partial charge >= 0.3 is 0 Å². The fraction of sp³-hybridized carbons (Fsp3) is 0.333. The smallest absolute Gasteiger partial charge is 0.186 e. The lowest BCUT2D eigenvalue weighted by Gasteiger charge is -2.23. The Balaban J connectivity index is 2.14. The summed E-state index contributed by atoms with van der Waals surface area (Å²) in [6, 6.07) is 1.72. The molecule has 0 N–H and O–H groups in total. The van der Waals surface area contributed by atoms with Crippen LogP contribution in [0.4, 0.5) is 4.39 Å². The molecule has 0 saturated carbocycles. The molecule has 1 aliphatic rings. The third-order valence-corrected chi connectivity index (χ3v) is 3.56. The van der Waals surface area contributed by atoms with Crippen LogP contribution in [0.25, 0.3) is 0 Å². The van der Waals surface area contributed by atoms with Gasteiger partial charge in [0.05, 0.1) is 10.7 Å². The van der Waals surface area contributed by atoms with E-state index >= 15 is 0 Å². The highest BCUT2D eigenvalue weighted by atomic mass is 35.5. The molecule has 0 fully saturated rings. The monoisotopic (exact) mass is 320 g/mol. The number of pyridine rings is 1. The standard InChI is InChI=1S/C12H11Cl2FN2OS/c13-10-3-8(5-16-12(10)14)6-17(2-1-15)9-4-11(19)18-7-9/h3-5H,1-2,6-7H2. The SMILES string of the molecule is FCCN(Cc1cnc(Cl)c(Cl)c1)C1=CC(=S)OC1. The molecule has 3 nitrogen and oxygen atoms in total. The van der Waals surface area contributed by atoms with E-state index in [-0.39, 0.29) is 11.7 Å². The Morgan fingerprint density at radius 1 is 1.47 bits per heavy atom. The van der Waals surface area contributed by atoms with Crippen molar-refractivity contribution in [2.45, 2.75) is 6.54 Å². The molecular formula is C12H11Cl2FN2OS. The van der Waals surface area contributed by atoms with Gasteiger partial charge in [-0.05, 0) is 23.8 Å². The van der Waals surface area contributed by atoms with Crippen molar-refractivity contribution in [2.75, 3.05) is 19.8 Å². The fourth-order valence-electron chi connectivity index (χ4n) is 1.74. The van der Waals surface area contributed by atoms with Crippen LogP contribution in [-0.2, 0) is 11.3 Å². The van der Waals surface area contributed by atoms with Crippen LogP contribution >= 0.6 is 35.4 Å². The van der Waals surface area contributed by atoms with Gasteiger partial charge in [0, 0.05) is 25.4 Å². The van der Waals surface area contributed by atoms with Crippen molar-refractivity contribution in [3.05, 3.63) is 39.8 Å². The normalized spacial score (nSPS) is 14.3. The van der Waals surface area contributed by atoms with Gasteiger partial charge < -0.3 is 9.64 Å². The number of hydrogen-bond donors (Lipinski definition) is 0. The van der Waals surface area contributed by atoms with Crippen molar-refractivity contribution in [1.29, 1.82) is 0 Å². The Morgan fingerprint density at radius 3 is 2.84 bits per heavy atom. The van der Waals surface area contributed by atoms with Gasteiger partial charge in [0.1, 0.15) is 18.4 Å². The predicted molar refractivity (Wildman–Crippen MR) is 77.3 cm³/mol. The summed E-state index contributed by atoms with van der Waals surface area (Å²) in [5.74, 6) is 0. The highest BCUT2D eigenvalue weighted by Gasteiger charge is 2.17. The molecule has 0 aromatic carbocycles. The molecule has 0 atom stereocenters. The molecule has 1 aliphatic heterocycles. The quantitative estimate of drug-likeness (QED) is 0.613. The molecule has 1 aromatic heterocycles. The van der Waals surface area contributed by atoms with E-state index in [0.29, 0.717) is 23.2 Å². The van der Waals surface area contributed by atoms with Gasteiger partial charge in [-0.15, -0.1) is 0 Å². The van der Waals surface area contributed by atoms with Gasteiger partial charge in [-0.1, -0.05) is 23.2 Å². The van der Waals surface area contributed by atoms with E-state index in [1.807, 2.05) is 4.90 Å². The number of nitrogens with zero attached hydrogens (tertiary/aromatic N) is 2. The zero-order chi connectivity index (χ0) is 13.8. The van der Waals surface area contributed by atoms with Gasteiger partial charge in [-0.3, -0.25) is 0 Å². The Morgan fingerprint density at radius 2 is 2.26 bits per heavy atom. The van der Waals surface area contributed by atoms with E-state index in [1.54, 1.807) is 18.3 Å². The Bertz CT molecular complexity index is 524. The largest absolute Gasteiger partial charge is 0.477 e. The third kappa shape index (κ3) is 3.78. The molecule has 2 rings (SSSR count). The van der Waals surface area contributed by atoms with Crippen LogP contribution in [0.5, 0.6) is 0 Å². The average molecular weight is 321 g/mol. The number of halogens is 3. The van der Waals surface area contributed by atoms with Crippen LogP contribution in [0.1, 0.15) is 5.56 Å². The van der Waals surface area contributed by atoms with Crippen molar-refractivity contribution in [3.63, 3.8) is 0 Å². The van der Waals surface area contributed by atoms with E-state index in [2.05, 4.69) is 4.98 Å². The second kappa shape index (κ2) is 6.50. The summed E-state index contributed by atoms with van der Waals surface area (Å²) in [6.07, 6.45) is 3.35. The van der Waals surface area contributed by atoms with Gasteiger partial charge in [0.25, 0.3) is 0 Å². The zero-order valence-corrected chi connectivity index (χ0v) is 12.2. The topological polar surface area (TPSA) is 25.4 Å². The average Bonchev–Trinajstić information content (AvgIpc) is 2.80. The van der Waals surface area contributed by atoms with Crippen molar-refractivity contribution in [1.82, 2.24) is 9.88 Å². The number of rotatable bonds is 5. The van der Waals surface area contributed by atoms with Crippen LogP contribution in [0.3, 0.4) is 0 Å². The first-order valence-electron chi connectivity index (χ1n) is 5.58. The minimum absolute atomic E-state index is 0.257. The molecule has 2 heterocycles. The predicted octanol–water partition coefficient (Wildman–Crippen LogP) is 3.40. The summed E-state index contributed by atoms with van der Waals surface area (Å²) >= 11 is 16.6. The van der Waals surface area contributed by atoms with E-state index in [9.17, 15) is 4.39 Å². The maximum atomic E-state index is 12.6. The van der Waals surface area contributed by atoms with Crippen molar-refractivity contribution in [3.8, 4) is 0 Å². The number of alkyl halides is 1. The van der Waals surface area contributed by atoms with Crippen LogP contribution in [-0.4, -0.2) is 34.8 Å². The van der Waals surface area contributed by atoms with Gasteiger partial charge in [-0.25, -0.2) is 9.37 Å². The fourth-order valence-corrected chi connectivity index (χ4v) is 2.23. The first kappa shape index (κ1) is 14.5. The highest BCUT2D eigenvalue weighted by molar-refractivity contribution is 7.80. The summed E-state index contributed by atoms with van der Waals surface area (Å²) in [7, 11) is 0. The van der Waals surface area contributed by atoms with Gasteiger partial charge in [0.15, 0.2) is 5.05 Å². The van der Waals surface area contributed by atoms with Crippen LogP contribution in [0.15, 0.2) is 24.0 Å². The molecule has 0 bridgehead atoms. The van der Waals surface area contributed by atoms with E-state index in [1.165, 1.54) is 0 Å². The second-order valence-corrected chi connectivity index (χ2v) is 5.14. The molecule has 0 spiro atoms. The maximum absolute atomic E-state index is 12.6. The second-order valence-electron chi connectivity index (χ2n) is 3.97. The lowest BCUT2D eigenvalue weighted by atomic mass is 10.2. The Kier molecular flexibility index (Phi) is 4.96. The Hall–Kier alpha value is -0.910. The number of ether oxygens (including phenoxy) is 1. The van der Waals surface area contributed by atoms with E-state index in [4.69, 9.17) is 40.2 Å². The van der Waals surface area contributed by atoms with E-state index in [0.717, 1.165) is 11.3 Å². The minimum Gasteiger partial charge on any atom is -0.477 e.